The molecule has 6 N–H and O–H groups in total. The van der Waals surface area contributed by atoms with Crippen LogP contribution in [0.5, 0.6) is 0 Å². The highest BCUT2D eigenvalue weighted by atomic mass is 16.4. The summed E-state index contributed by atoms with van der Waals surface area (Å²) in [4.78, 5) is 44.2. The maximum absolute atomic E-state index is 11.7. The van der Waals surface area contributed by atoms with Crippen molar-refractivity contribution >= 4 is 23.8 Å². The minimum Gasteiger partial charge on any atom is -0.481 e. The molecule has 0 aliphatic heterocycles. The Morgan fingerprint density at radius 1 is 1.05 bits per heavy atom. The van der Waals surface area contributed by atoms with Gasteiger partial charge < -0.3 is 26.6 Å². The van der Waals surface area contributed by atoms with Gasteiger partial charge in [0.15, 0.2) is 0 Å². The normalized spacial score (nSPS) is 13.4. The van der Waals surface area contributed by atoms with Gasteiger partial charge in [-0.3, -0.25) is 19.2 Å². The molecule has 114 valence electrons. The SMILES string of the molecule is CC(C)[C@H](NC(=O)[C@@H](N)CC(=O)O)C(=O)NCC(=O)O. The molecule has 2 atom stereocenters. The Balaban J connectivity index is 4.61. The van der Waals surface area contributed by atoms with Crippen LogP contribution in [0.1, 0.15) is 20.3 Å². The Kier molecular flexibility index (Phi) is 7.22. The molecule has 0 aromatic heterocycles. The zero-order valence-corrected chi connectivity index (χ0v) is 11.3. The summed E-state index contributed by atoms with van der Waals surface area (Å²) in [6.07, 6.45) is -0.562. The molecule has 20 heavy (non-hydrogen) atoms. The molecule has 9 nitrogen and oxygen atoms in total. The van der Waals surface area contributed by atoms with Gasteiger partial charge >= 0.3 is 11.9 Å². The van der Waals surface area contributed by atoms with Crippen molar-refractivity contribution in [2.45, 2.75) is 32.4 Å². The van der Waals surface area contributed by atoms with E-state index in [9.17, 15) is 19.2 Å². The highest BCUT2D eigenvalue weighted by Gasteiger charge is 2.27. The van der Waals surface area contributed by atoms with E-state index >= 15 is 0 Å². The summed E-state index contributed by atoms with van der Waals surface area (Å²) in [6, 6.07) is -2.26. The molecule has 2 amide bonds. The van der Waals surface area contributed by atoms with Gasteiger partial charge in [-0.1, -0.05) is 13.8 Å². The van der Waals surface area contributed by atoms with Crippen molar-refractivity contribution in [1.29, 1.82) is 0 Å². The van der Waals surface area contributed by atoms with Crippen LogP contribution >= 0.6 is 0 Å². The average molecular weight is 289 g/mol. The van der Waals surface area contributed by atoms with E-state index in [0.29, 0.717) is 0 Å². The third-order valence-corrected chi connectivity index (χ3v) is 2.39. The molecule has 0 heterocycles. The first-order valence-corrected chi connectivity index (χ1v) is 5.92. The Bertz CT molecular complexity index is 396. The van der Waals surface area contributed by atoms with Crippen LogP contribution in [0.4, 0.5) is 0 Å². The maximum atomic E-state index is 11.7. The fourth-order valence-corrected chi connectivity index (χ4v) is 1.35. The van der Waals surface area contributed by atoms with Crippen molar-refractivity contribution in [2.24, 2.45) is 11.7 Å². The first-order valence-electron chi connectivity index (χ1n) is 5.92. The minimum absolute atomic E-state index is 0.315. The van der Waals surface area contributed by atoms with Crippen LogP contribution in [-0.2, 0) is 19.2 Å². The molecule has 9 heteroatoms. The molecule has 0 bridgehead atoms. The number of carbonyl (C=O) groups is 4. The molecule has 0 radical (unpaired) electrons. The lowest BCUT2D eigenvalue weighted by Gasteiger charge is -2.22. The molecular weight excluding hydrogens is 270 g/mol. The van der Waals surface area contributed by atoms with E-state index in [-0.39, 0.29) is 5.92 Å². The zero-order chi connectivity index (χ0) is 15.9. The van der Waals surface area contributed by atoms with Gasteiger partial charge in [-0.2, -0.15) is 0 Å². The van der Waals surface area contributed by atoms with Crippen molar-refractivity contribution in [1.82, 2.24) is 10.6 Å². The molecule has 0 aromatic rings. The number of hydrogen-bond donors (Lipinski definition) is 5. The molecule has 0 aromatic carbocycles. The highest BCUT2D eigenvalue weighted by Crippen LogP contribution is 2.03. The van der Waals surface area contributed by atoms with Gasteiger partial charge in [-0.05, 0) is 5.92 Å². The van der Waals surface area contributed by atoms with Crippen molar-refractivity contribution in [3.8, 4) is 0 Å². The van der Waals surface area contributed by atoms with Crippen LogP contribution in [0.25, 0.3) is 0 Å². The molecule has 0 rings (SSSR count). The molecule has 0 spiro atoms. The fraction of sp³-hybridized carbons (Fsp3) is 0.636. The number of carboxylic acid groups (broad SMARTS) is 2. The Morgan fingerprint density at radius 2 is 1.60 bits per heavy atom. The smallest absolute Gasteiger partial charge is 0.322 e. The number of amides is 2. The van der Waals surface area contributed by atoms with Gasteiger partial charge in [0, 0.05) is 0 Å². The second kappa shape index (κ2) is 8.10. The predicted octanol–water partition coefficient (Wildman–Crippen LogP) is -1.87. The Hall–Kier alpha value is -2.16. The lowest BCUT2D eigenvalue weighted by molar-refractivity contribution is -0.140. The number of rotatable bonds is 8. The van der Waals surface area contributed by atoms with Gasteiger partial charge in [-0.25, -0.2) is 0 Å². The minimum atomic E-state index is -1.28. The third-order valence-electron chi connectivity index (χ3n) is 2.39. The van der Waals surface area contributed by atoms with Gasteiger partial charge in [0.2, 0.25) is 11.8 Å². The van der Waals surface area contributed by atoms with E-state index in [1.807, 2.05) is 0 Å². The van der Waals surface area contributed by atoms with Crippen LogP contribution in [0.3, 0.4) is 0 Å². The summed E-state index contributed by atoms with van der Waals surface area (Å²) in [5.41, 5.74) is 5.37. The second-order valence-electron chi connectivity index (χ2n) is 4.55. The number of hydrogen-bond acceptors (Lipinski definition) is 5. The number of nitrogens with one attached hydrogen (secondary N) is 2. The Morgan fingerprint density at radius 3 is 2.00 bits per heavy atom. The van der Waals surface area contributed by atoms with Gasteiger partial charge in [0.25, 0.3) is 0 Å². The summed E-state index contributed by atoms with van der Waals surface area (Å²) in [5, 5.41) is 21.4. The molecular formula is C11H19N3O6. The van der Waals surface area contributed by atoms with Crippen molar-refractivity contribution < 1.29 is 29.4 Å². The van der Waals surface area contributed by atoms with Gasteiger partial charge in [0.1, 0.15) is 12.6 Å². The second-order valence-corrected chi connectivity index (χ2v) is 4.55. The van der Waals surface area contributed by atoms with Crippen LogP contribution in [-0.4, -0.2) is 52.6 Å². The number of nitrogens with two attached hydrogens (primary N) is 1. The lowest BCUT2D eigenvalue weighted by Crippen LogP contribution is -2.54. The van der Waals surface area contributed by atoms with Crippen molar-refractivity contribution in [3.63, 3.8) is 0 Å². The maximum Gasteiger partial charge on any atom is 0.322 e. The standard InChI is InChI=1S/C11H19N3O6/c1-5(2)9(11(20)13-4-8(17)18)14-10(19)6(12)3-7(15)16/h5-6,9H,3-4,12H2,1-2H3,(H,13,20)(H,14,19)(H,15,16)(H,17,18)/t6-,9-/m0/s1. The van der Waals surface area contributed by atoms with Gasteiger partial charge in [-0.15, -0.1) is 0 Å². The Labute approximate surface area is 115 Å². The molecule has 0 saturated heterocycles. The zero-order valence-electron chi connectivity index (χ0n) is 11.3. The first kappa shape index (κ1) is 17.8. The quantitative estimate of drug-likeness (QED) is 0.350. The average Bonchev–Trinajstić information content (AvgIpc) is 2.31. The monoisotopic (exact) mass is 289 g/mol. The number of carbonyl (C=O) groups excluding carboxylic acids is 2. The molecule has 0 aliphatic carbocycles. The number of carboxylic acids is 2. The molecule has 0 unspecified atom stereocenters. The predicted molar refractivity (Wildman–Crippen MR) is 67.6 cm³/mol. The lowest BCUT2D eigenvalue weighted by atomic mass is 10.0. The summed E-state index contributed by atoms with van der Waals surface area (Å²) < 4.78 is 0. The van der Waals surface area contributed by atoms with E-state index in [1.165, 1.54) is 0 Å². The molecule has 0 fully saturated rings. The fourth-order valence-electron chi connectivity index (χ4n) is 1.35. The van der Waals surface area contributed by atoms with Crippen LogP contribution in [0.2, 0.25) is 0 Å². The molecule has 0 aliphatic rings. The largest absolute Gasteiger partial charge is 0.481 e. The van der Waals surface area contributed by atoms with E-state index in [0.717, 1.165) is 0 Å². The molecule has 0 saturated carbocycles. The third kappa shape index (κ3) is 6.69. The topological polar surface area (TPSA) is 159 Å². The van der Waals surface area contributed by atoms with E-state index in [2.05, 4.69) is 10.6 Å². The summed E-state index contributed by atoms with van der Waals surface area (Å²) in [6.45, 7) is 2.72. The highest BCUT2D eigenvalue weighted by molar-refractivity contribution is 5.92. The van der Waals surface area contributed by atoms with Crippen LogP contribution in [0.15, 0.2) is 0 Å². The van der Waals surface area contributed by atoms with E-state index in [4.69, 9.17) is 15.9 Å². The van der Waals surface area contributed by atoms with Gasteiger partial charge in [0.05, 0.1) is 12.5 Å². The summed E-state index contributed by atoms with van der Waals surface area (Å²) in [7, 11) is 0. The number of aliphatic carboxylic acids is 2. The summed E-state index contributed by atoms with van der Waals surface area (Å²) >= 11 is 0. The summed E-state index contributed by atoms with van der Waals surface area (Å²) in [5.74, 6) is -4.21. The van der Waals surface area contributed by atoms with E-state index < -0.39 is 48.8 Å². The van der Waals surface area contributed by atoms with Crippen LogP contribution < -0.4 is 16.4 Å². The van der Waals surface area contributed by atoms with Crippen molar-refractivity contribution in [2.75, 3.05) is 6.54 Å². The van der Waals surface area contributed by atoms with Crippen LogP contribution in [0, 0.1) is 5.92 Å². The first-order chi connectivity index (χ1) is 9.15. The van der Waals surface area contributed by atoms with E-state index in [1.54, 1.807) is 13.8 Å². The van der Waals surface area contributed by atoms with Crippen molar-refractivity contribution in [3.05, 3.63) is 0 Å².